The summed E-state index contributed by atoms with van der Waals surface area (Å²) in [4.78, 5) is 13.2. The van der Waals surface area contributed by atoms with Crippen molar-refractivity contribution in [1.82, 2.24) is 0 Å². The van der Waals surface area contributed by atoms with E-state index in [1.165, 1.54) is 109 Å². The topological polar surface area (TPSA) is 17.1 Å². The van der Waals surface area contributed by atoms with Gasteiger partial charge >= 0.3 is 0 Å². The van der Waals surface area contributed by atoms with E-state index in [1.807, 2.05) is 0 Å². The van der Waals surface area contributed by atoms with Crippen molar-refractivity contribution in [3.05, 3.63) is 0 Å². The molecule has 0 saturated heterocycles. The van der Waals surface area contributed by atoms with Crippen LogP contribution in [0, 0.1) is 29.1 Å². The SMILES string of the molecule is CCCCCCCCCCCCCCCC(=O)C12CC3CC(CC(C3)C1C)C2. The van der Waals surface area contributed by atoms with Crippen LogP contribution in [0.3, 0.4) is 0 Å². The second-order valence-electron chi connectivity index (χ2n) is 11.0. The number of unbranched alkanes of at least 4 members (excludes halogenated alkanes) is 12. The van der Waals surface area contributed by atoms with Gasteiger partial charge in [-0.05, 0) is 62.2 Å². The summed E-state index contributed by atoms with van der Waals surface area (Å²) in [7, 11) is 0. The van der Waals surface area contributed by atoms with Crippen LogP contribution in [0.5, 0.6) is 0 Å². The fourth-order valence-electron chi connectivity index (χ4n) is 7.33. The Labute approximate surface area is 175 Å². The maximum Gasteiger partial charge on any atom is 0.139 e. The van der Waals surface area contributed by atoms with Crippen molar-refractivity contribution in [3.8, 4) is 0 Å². The Morgan fingerprint density at radius 2 is 1.18 bits per heavy atom. The van der Waals surface area contributed by atoms with E-state index < -0.39 is 0 Å². The summed E-state index contributed by atoms with van der Waals surface area (Å²) in [6.07, 6.45) is 25.7. The van der Waals surface area contributed by atoms with Crippen LogP contribution in [-0.4, -0.2) is 5.78 Å². The molecule has 0 aliphatic heterocycles. The van der Waals surface area contributed by atoms with Gasteiger partial charge in [0.05, 0.1) is 0 Å². The van der Waals surface area contributed by atoms with Crippen molar-refractivity contribution >= 4 is 5.78 Å². The predicted molar refractivity (Wildman–Crippen MR) is 120 cm³/mol. The van der Waals surface area contributed by atoms with Crippen molar-refractivity contribution in [2.45, 2.75) is 136 Å². The van der Waals surface area contributed by atoms with E-state index in [2.05, 4.69) is 13.8 Å². The van der Waals surface area contributed by atoms with Gasteiger partial charge in [0.25, 0.3) is 0 Å². The van der Waals surface area contributed by atoms with Gasteiger partial charge in [0.2, 0.25) is 0 Å². The van der Waals surface area contributed by atoms with Crippen molar-refractivity contribution < 1.29 is 4.79 Å². The number of carbonyl (C=O) groups excluding carboxylic acids is 1. The van der Waals surface area contributed by atoms with Crippen LogP contribution in [0.1, 0.15) is 136 Å². The molecule has 0 aromatic rings. The van der Waals surface area contributed by atoms with Gasteiger partial charge in [-0.3, -0.25) is 4.79 Å². The summed E-state index contributed by atoms with van der Waals surface area (Å²) in [5.41, 5.74) is 0.117. The standard InChI is InChI=1S/C27H48O/c1-3-4-5-6-7-8-9-10-11-12-13-14-15-16-26(28)27-20-23-17-24(21-27)19-25(18-23)22(27)2/h22-25H,3-21H2,1-2H3. The molecule has 3 atom stereocenters. The Hall–Kier alpha value is -0.330. The fraction of sp³-hybridized carbons (Fsp3) is 0.963. The van der Waals surface area contributed by atoms with E-state index >= 15 is 0 Å². The highest BCUT2D eigenvalue weighted by atomic mass is 16.1. The molecule has 0 aromatic carbocycles. The van der Waals surface area contributed by atoms with Crippen molar-refractivity contribution in [2.75, 3.05) is 0 Å². The van der Waals surface area contributed by atoms with Crippen LogP contribution < -0.4 is 0 Å². The first kappa shape index (κ1) is 22.4. The van der Waals surface area contributed by atoms with Gasteiger partial charge in [0.1, 0.15) is 5.78 Å². The lowest BCUT2D eigenvalue weighted by atomic mass is 9.44. The first-order valence-corrected chi connectivity index (χ1v) is 13.2. The van der Waals surface area contributed by atoms with Gasteiger partial charge in [0.15, 0.2) is 0 Å². The van der Waals surface area contributed by atoms with Crippen molar-refractivity contribution in [3.63, 3.8) is 0 Å². The zero-order chi connectivity index (χ0) is 19.8. The summed E-state index contributed by atoms with van der Waals surface area (Å²) >= 11 is 0. The molecule has 4 saturated carbocycles. The van der Waals surface area contributed by atoms with E-state index in [4.69, 9.17) is 0 Å². The molecule has 0 heterocycles. The molecule has 4 bridgehead atoms. The second kappa shape index (κ2) is 11.2. The smallest absolute Gasteiger partial charge is 0.139 e. The van der Waals surface area contributed by atoms with E-state index in [9.17, 15) is 4.79 Å². The first-order chi connectivity index (χ1) is 13.7. The highest BCUT2D eigenvalue weighted by Crippen LogP contribution is 2.63. The fourth-order valence-corrected chi connectivity index (χ4v) is 7.33. The largest absolute Gasteiger partial charge is 0.299 e. The normalized spacial score (nSPS) is 33.5. The molecular formula is C27H48O. The summed E-state index contributed by atoms with van der Waals surface area (Å²) in [5.74, 6) is 4.01. The lowest BCUT2D eigenvalue weighted by Gasteiger charge is -2.60. The second-order valence-corrected chi connectivity index (χ2v) is 11.0. The minimum Gasteiger partial charge on any atom is -0.299 e. The van der Waals surface area contributed by atoms with E-state index in [0.717, 1.165) is 30.6 Å². The predicted octanol–water partition coefficient (Wildman–Crippen LogP) is 8.50. The summed E-state index contributed by atoms with van der Waals surface area (Å²) in [5, 5.41) is 0. The number of rotatable bonds is 15. The minimum absolute atomic E-state index is 0.117. The third-order valence-corrected chi connectivity index (χ3v) is 8.89. The number of hydrogen-bond acceptors (Lipinski definition) is 1. The number of Topliss-reactive ketones (excluding diaryl/α,β-unsaturated/α-hetero) is 1. The highest BCUT2D eigenvalue weighted by molar-refractivity contribution is 5.85. The average molecular weight is 389 g/mol. The van der Waals surface area contributed by atoms with Gasteiger partial charge in [-0.25, -0.2) is 0 Å². The molecule has 0 radical (unpaired) electrons. The Morgan fingerprint density at radius 1 is 0.714 bits per heavy atom. The maximum absolute atomic E-state index is 13.2. The highest BCUT2D eigenvalue weighted by Gasteiger charge is 2.57. The third-order valence-electron chi connectivity index (χ3n) is 8.89. The average Bonchev–Trinajstić information content (AvgIpc) is 2.68. The number of ketones is 1. The molecule has 4 aliphatic rings. The van der Waals surface area contributed by atoms with Crippen LogP contribution >= 0.6 is 0 Å². The Balaban J connectivity index is 1.20. The Morgan fingerprint density at radius 3 is 1.68 bits per heavy atom. The molecule has 0 N–H and O–H groups in total. The molecule has 4 aliphatic carbocycles. The lowest BCUT2D eigenvalue weighted by molar-refractivity contribution is -0.155. The molecule has 0 aromatic heterocycles. The Bertz CT molecular complexity index is 453. The maximum atomic E-state index is 13.2. The van der Waals surface area contributed by atoms with E-state index in [1.54, 1.807) is 0 Å². The van der Waals surface area contributed by atoms with Crippen molar-refractivity contribution in [1.29, 1.82) is 0 Å². The third kappa shape index (κ3) is 5.63. The summed E-state index contributed by atoms with van der Waals surface area (Å²) in [6, 6.07) is 0. The van der Waals surface area contributed by atoms with E-state index in [-0.39, 0.29) is 5.41 Å². The van der Waals surface area contributed by atoms with Gasteiger partial charge < -0.3 is 0 Å². The van der Waals surface area contributed by atoms with Crippen LogP contribution in [-0.2, 0) is 4.79 Å². The van der Waals surface area contributed by atoms with Gasteiger partial charge in [-0.1, -0.05) is 90.9 Å². The zero-order valence-electron chi connectivity index (χ0n) is 19.2. The molecule has 1 heteroatoms. The quantitative estimate of drug-likeness (QED) is 0.257. The number of carbonyl (C=O) groups is 1. The molecule has 3 unspecified atom stereocenters. The van der Waals surface area contributed by atoms with Gasteiger partial charge in [-0.2, -0.15) is 0 Å². The molecule has 4 fully saturated rings. The van der Waals surface area contributed by atoms with Crippen LogP contribution in [0.25, 0.3) is 0 Å². The minimum atomic E-state index is 0.117. The molecular weight excluding hydrogens is 340 g/mol. The van der Waals surface area contributed by atoms with Crippen LogP contribution in [0.4, 0.5) is 0 Å². The molecule has 1 nitrogen and oxygen atoms in total. The molecule has 28 heavy (non-hydrogen) atoms. The monoisotopic (exact) mass is 388 g/mol. The van der Waals surface area contributed by atoms with Gasteiger partial charge in [-0.15, -0.1) is 0 Å². The molecule has 0 spiro atoms. The lowest BCUT2D eigenvalue weighted by Crippen LogP contribution is -2.55. The van der Waals surface area contributed by atoms with Crippen LogP contribution in [0.2, 0.25) is 0 Å². The summed E-state index contributed by atoms with van der Waals surface area (Å²) < 4.78 is 0. The van der Waals surface area contributed by atoms with Crippen LogP contribution in [0.15, 0.2) is 0 Å². The molecule has 4 rings (SSSR count). The van der Waals surface area contributed by atoms with Gasteiger partial charge in [0, 0.05) is 11.8 Å². The molecule has 0 amide bonds. The Kier molecular flexibility index (Phi) is 8.92. The number of hydrogen-bond donors (Lipinski definition) is 0. The zero-order valence-corrected chi connectivity index (χ0v) is 19.2. The first-order valence-electron chi connectivity index (χ1n) is 13.2. The molecule has 162 valence electrons. The summed E-state index contributed by atoms with van der Waals surface area (Å²) in [6.45, 7) is 4.71. The van der Waals surface area contributed by atoms with E-state index in [0.29, 0.717) is 11.7 Å². The van der Waals surface area contributed by atoms with Crippen molar-refractivity contribution in [2.24, 2.45) is 29.1 Å².